The summed E-state index contributed by atoms with van der Waals surface area (Å²) in [7, 11) is 0. The third kappa shape index (κ3) is 5.06. The first kappa shape index (κ1) is 20.9. The van der Waals surface area contributed by atoms with E-state index >= 15 is 0 Å². The van der Waals surface area contributed by atoms with Crippen LogP contribution in [0.1, 0.15) is 32.6 Å². The topological polar surface area (TPSA) is 26.3 Å². The first-order valence-corrected chi connectivity index (χ1v) is 8.22. The Hall–Kier alpha value is -0.425. The number of rotatable bonds is 3. The Kier molecular flexibility index (Phi) is 7.93. The molecular weight excluding hydrogens is 396 g/mol. The molecule has 3 rings (SSSR count). The molecule has 2 nitrogen and oxygen atoms in total. The summed E-state index contributed by atoms with van der Waals surface area (Å²) in [5.41, 5.74) is 0.678. The van der Waals surface area contributed by atoms with Crippen LogP contribution in [0.3, 0.4) is 0 Å². The van der Waals surface area contributed by atoms with Crippen LogP contribution >= 0.6 is 0 Å². The summed E-state index contributed by atoms with van der Waals surface area (Å²) in [6, 6.07) is 12.1. The number of hydrogen-bond acceptors (Lipinski definition) is 2. The van der Waals surface area contributed by atoms with Gasteiger partial charge in [-0.05, 0) is 49.3 Å². The molecule has 0 aromatic heterocycles. The molecule has 126 valence electrons. The summed E-state index contributed by atoms with van der Waals surface area (Å²) in [6.45, 7) is 2.15. The molecule has 1 aliphatic rings. The van der Waals surface area contributed by atoms with Crippen LogP contribution in [0.4, 0.5) is 8.78 Å². The number of carbonyl (C=O) groups is 1. The zero-order valence-corrected chi connectivity index (χ0v) is 19.4. The number of esters is 1. The normalized spacial score (nSPS) is 19.8. The Balaban J connectivity index is 0.00000225. The van der Waals surface area contributed by atoms with Crippen molar-refractivity contribution in [3.05, 3.63) is 54.1 Å². The monoisotopic (exact) mass is 414 g/mol. The molecule has 0 N–H and O–H groups in total. The second-order valence-electron chi connectivity index (χ2n) is 6.41. The van der Waals surface area contributed by atoms with Gasteiger partial charge in [-0.2, -0.15) is 34.7 Å². The molecular formula is C20H19F2O2Rb. The minimum absolute atomic E-state index is 0. The van der Waals surface area contributed by atoms with Crippen LogP contribution in [0.25, 0.3) is 11.1 Å². The SMILES string of the molecule is CC1CCC(C(=O)Oc2ccc(-c3cc[c-]cc3)c(F)c2F)CC1.[Rb+]. The molecule has 0 unspecified atom stereocenters. The maximum Gasteiger partial charge on any atom is 1.00 e. The summed E-state index contributed by atoms with van der Waals surface area (Å²) in [4.78, 5) is 12.2. The van der Waals surface area contributed by atoms with Gasteiger partial charge in [0.25, 0.3) is 0 Å². The average molecular weight is 415 g/mol. The standard InChI is InChI=1S/C20H19F2O2.Rb/c1-13-7-9-15(10-8-13)20(23)24-17-12-11-16(18(21)19(17)22)14-5-3-2-4-6-14;/h3-6,11-13,15H,7-10H2,1H3;/q-1;+1. The first-order chi connectivity index (χ1) is 11.6. The molecule has 0 bridgehead atoms. The van der Waals surface area contributed by atoms with Crippen LogP contribution in [0.15, 0.2) is 36.4 Å². The maximum atomic E-state index is 14.3. The van der Waals surface area contributed by atoms with E-state index in [9.17, 15) is 13.6 Å². The zero-order valence-electron chi connectivity index (χ0n) is 14.5. The minimum atomic E-state index is -1.13. The van der Waals surface area contributed by atoms with E-state index in [0.29, 0.717) is 11.5 Å². The van der Waals surface area contributed by atoms with Gasteiger partial charge in [0, 0.05) is 0 Å². The second kappa shape index (κ2) is 9.49. The molecule has 0 aliphatic heterocycles. The van der Waals surface area contributed by atoms with Crippen molar-refractivity contribution < 1.29 is 76.5 Å². The third-order valence-electron chi connectivity index (χ3n) is 4.64. The molecule has 1 aliphatic carbocycles. The van der Waals surface area contributed by atoms with Gasteiger partial charge in [0.2, 0.25) is 5.82 Å². The van der Waals surface area contributed by atoms with E-state index in [1.165, 1.54) is 12.1 Å². The van der Waals surface area contributed by atoms with Crippen molar-refractivity contribution in [1.82, 2.24) is 0 Å². The summed E-state index contributed by atoms with van der Waals surface area (Å²) >= 11 is 0. The average Bonchev–Trinajstić information content (AvgIpc) is 2.60. The van der Waals surface area contributed by atoms with Crippen LogP contribution < -0.4 is 62.9 Å². The summed E-state index contributed by atoms with van der Waals surface area (Å²) in [6.07, 6.45) is 3.40. The molecule has 5 heteroatoms. The Labute approximate surface area is 195 Å². The first-order valence-electron chi connectivity index (χ1n) is 8.22. The van der Waals surface area contributed by atoms with Gasteiger partial charge < -0.3 is 4.74 Å². The fraction of sp³-hybridized carbons (Fsp3) is 0.350. The van der Waals surface area contributed by atoms with Crippen LogP contribution in [0, 0.1) is 29.5 Å². The number of halogens is 2. The van der Waals surface area contributed by atoms with Gasteiger partial charge >= 0.3 is 64.2 Å². The Bertz CT molecular complexity index is 726. The smallest absolute Gasteiger partial charge is 0.423 e. The van der Waals surface area contributed by atoms with Gasteiger partial charge in [0.15, 0.2) is 11.6 Å². The molecule has 0 spiro atoms. The van der Waals surface area contributed by atoms with E-state index in [1.54, 1.807) is 24.3 Å². The van der Waals surface area contributed by atoms with Crippen molar-refractivity contribution in [2.75, 3.05) is 0 Å². The van der Waals surface area contributed by atoms with Gasteiger partial charge in [-0.1, -0.05) is 6.92 Å². The van der Waals surface area contributed by atoms with Gasteiger partial charge in [-0.25, -0.2) is 4.39 Å². The Morgan fingerprint density at radius 3 is 2.32 bits per heavy atom. The molecule has 0 radical (unpaired) electrons. The van der Waals surface area contributed by atoms with E-state index in [4.69, 9.17) is 4.74 Å². The predicted octanol–water partition coefficient (Wildman–Crippen LogP) is 2.17. The number of benzene rings is 2. The van der Waals surface area contributed by atoms with Crippen molar-refractivity contribution in [3.63, 3.8) is 0 Å². The van der Waals surface area contributed by atoms with Crippen LogP contribution in [-0.2, 0) is 4.79 Å². The summed E-state index contributed by atoms with van der Waals surface area (Å²) in [5, 5.41) is 0. The van der Waals surface area contributed by atoms with Crippen molar-refractivity contribution in [1.29, 1.82) is 0 Å². The molecule has 2 aromatic rings. The fourth-order valence-corrected chi connectivity index (χ4v) is 3.09. The predicted molar refractivity (Wildman–Crippen MR) is 87.4 cm³/mol. The molecule has 2 aromatic carbocycles. The van der Waals surface area contributed by atoms with Gasteiger partial charge in [-0.3, -0.25) is 4.79 Å². The van der Waals surface area contributed by atoms with Gasteiger partial charge in [-0.15, -0.1) is 5.56 Å². The molecule has 1 fully saturated rings. The molecule has 1 saturated carbocycles. The van der Waals surface area contributed by atoms with E-state index in [-0.39, 0.29) is 75.4 Å². The van der Waals surface area contributed by atoms with Crippen molar-refractivity contribution in [2.24, 2.45) is 11.8 Å². The largest absolute Gasteiger partial charge is 1.00 e. The third-order valence-corrected chi connectivity index (χ3v) is 4.64. The number of ether oxygens (including phenoxy) is 1. The molecule has 0 heterocycles. The van der Waals surface area contributed by atoms with Crippen LogP contribution in [0.2, 0.25) is 0 Å². The fourth-order valence-electron chi connectivity index (χ4n) is 3.09. The van der Waals surface area contributed by atoms with E-state index in [1.807, 2.05) is 0 Å². The Morgan fingerprint density at radius 2 is 1.68 bits per heavy atom. The van der Waals surface area contributed by atoms with Crippen LogP contribution in [0.5, 0.6) is 5.75 Å². The number of hydrogen-bond donors (Lipinski definition) is 0. The van der Waals surface area contributed by atoms with Gasteiger partial charge in [0.1, 0.15) is 0 Å². The summed E-state index contributed by atoms with van der Waals surface area (Å²) < 4.78 is 33.7. The van der Waals surface area contributed by atoms with E-state index < -0.39 is 17.6 Å². The quantitative estimate of drug-likeness (QED) is 0.437. The second-order valence-corrected chi connectivity index (χ2v) is 6.41. The zero-order chi connectivity index (χ0) is 17.1. The van der Waals surface area contributed by atoms with Gasteiger partial charge in [0.05, 0.1) is 5.92 Å². The molecule has 25 heavy (non-hydrogen) atoms. The minimum Gasteiger partial charge on any atom is -0.423 e. The summed E-state index contributed by atoms with van der Waals surface area (Å²) in [5.74, 6) is -2.58. The maximum absolute atomic E-state index is 14.3. The van der Waals surface area contributed by atoms with Crippen LogP contribution in [-0.4, -0.2) is 5.97 Å². The van der Waals surface area contributed by atoms with Crippen molar-refractivity contribution >= 4 is 5.97 Å². The number of carbonyl (C=O) groups excluding carboxylic acids is 1. The molecule has 0 atom stereocenters. The van der Waals surface area contributed by atoms with E-state index in [2.05, 4.69) is 13.0 Å². The van der Waals surface area contributed by atoms with Crippen molar-refractivity contribution in [2.45, 2.75) is 32.6 Å². The molecule has 0 saturated heterocycles. The molecule has 0 amide bonds. The van der Waals surface area contributed by atoms with Crippen molar-refractivity contribution in [3.8, 4) is 16.9 Å². The van der Waals surface area contributed by atoms with E-state index in [0.717, 1.165) is 25.7 Å². The Morgan fingerprint density at radius 1 is 1.04 bits per heavy atom.